The van der Waals surface area contributed by atoms with E-state index in [2.05, 4.69) is 15.5 Å². The fourth-order valence-electron chi connectivity index (χ4n) is 0.626. The van der Waals surface area contributed by atoms with Crippen molar-refractivity contribution in [2.45, 2.75) is 4.34 Å². The summed E-state index contributed by atoms with van der Waals surface area (Å²) in [5, 5.41) is 18.9. The maximum Gasteiger partial charge on any atom is 0.313 e. The Morgan fingerprint density at radius 2 is 2.27 bits per heavy atom. The van der Waals surface area contributed by atoms with Crippen LogP contribution in [-0.2, 0) is 9.59 Å². The number of carboxylic acids is 1. The lowest BCUT2D eigenvalue weighted by Crippen LogP contribution is -2.21. The second-order valence-electron chi connectivity index (χ2n) is 2.38. The lowest BCUT2D eigenvalue weighted by Gasteiger charge is -1.94. The van der Waals surface area contributed by atoms with Gasteiger partial charge in [-0.15, -0.1) is 10.2 Å². The average Bonchev–Trinajstić information content (AvgIpc) is 2.59. The zero-order valence-corrected chi connectivity index (χ0v) is 9.10. The summed E-state index contributed by atoms with van der Waals surface area (Å²) < 4.78 is 0.532. The quantitative estimate of drug-likeness (QED) is 0.587. The summed E-state index contributed by atoms with van der Waals surface area (Å²) >= 11 is 2.25. The minimum Gasteiger partial charge on any atom is -0.481 e. The van der Waals surface area contributed by atoms with Crippen LogP contribution in [0, 0.1) is 0 Å². The number of carbonyl (C=O) groups excluding carboxylic acids is 1. The molecule has 0 aliphatic rings. The summed E-state index contributed by atoms with van der Waals surface area (Å²) in [6.45, 7) is -0.0156. The number of hydrogen-bond donors (Lipinski definition) is 3. The van der Waals surface area contributed by atoms with E-state index in [9.17, 15) is 9.59 Å². The highest BCUT2D eigenvalue weighted by atomic mass is 32.2. The molecule has 0 saturated heterocycles. The van der Waals surface area contributed by atoms with Crippen molar-refractivity contribution in [1.82, 2.24) is 10.2 Å². The molecule has 0 atom stereocenters. The molecule has 0 saturated carbocycles. The van der Waals surface area contributed by atoms with Gasteiger partial charge in [0.05, 0.1) is 12.3 Å². The van der Waals surface area contributed by atoms with Gasteiger partial charge in [-0.2, -0.15) is 0 Å². The molecular formula is C6H8N4O3S2. The standard InChI is InChI=1S/C6H8N4O3S2/c7-3(11)1-8-5-9-10-6(15-5)14-2-4(12)13/h1-2H2,(H2,7,11)(H,8,9)(H,12,13). The van der Waals surface area contributed by atoms with Crippen LogP contribution in [0.2, 0.25) is 0 Å². The molecule has 9 heteroatoms. The van der Waals surface area contributed by atoms with Crippen molar-refractivity contribution in [3.05, 3.63) is 0 Å². The number of carboxylic acid groups (broad SMARTS) is 1. The van der Waals surface area contributed by atoms with Gasteiger partial charge in [0.2, 0.25) is 11.0 Å². The van der Waals surface area contributed by atoms with Crippen LogP contribution in [0.15, 0.2) is 4.34 Å². The fourth-order valence-corrected chi connectivity index (χ4v) is 2.09. The number of aliphatic carboxylic acids is 1. The summed E-state index contributed by atoms with van der Waals surface area (Å²) in [4.78, 5) is 20.7. The van der Waals surface area contributed by atoms with Crippen molar-refractivity contribution in [2.75, 3.05) is 17.6 Å². The number of nitrogens with two attached hydrogens (primary N) is 1. The van der Waals surface area contributed by atoms with Crippen molar-refractivity contribution in [3.8, 4) is 0 Å². The Bertz CT molecular complexity index is 335. The molecule has 0 aromatic carbocycles. The second-order valence-corrected chi connectivity index (χ2v) is 4.58. The molecular weight excluding hydrogens is 240 g/mol. The predicted octanol–water partition coefficient (Wildman–Crippen LogP) is -0.388. The molecule has 0 aliphatic heterocycles. The molecule has 0 radical (unpaired) electrons. The van der Waals surface area contributed by atoms with Crippen molar-refractivity contribution in [1.29, 1.82) is 0 Å². The molecule has 1 rings (SSSR count). The number of nitrogens with one attached hydrogen (secondary N) is 1. The smallest absolute Gasteiger partial charge is 0.313 e. The lowest BCUT2D eigenvalue weighted by atomic mass is 10.6. The summed E-state index contributed by atoms with van der Waals surface area (Å²) in [5.41, 5.74) is 4.92. The Kier molecular flexibility index (Phi) is 4.31. The molecule has 0 spiro atoms. The number of nitrogens with zero attached hydrogens (tertiary/aromatic N) is 2. The first-order valence-corrected chi connectivity index (χ1v) is 5.58. The highest BCUT2D eigenvalue weighted by Crippen LogP contribution is 2.24. The highest BCUT2D eigenvalue weighted by molar-refractivity contribution is 8.01. The largest absolute Gasteiger partial charge is 0.481 e. The minimum atomic E-state index is -0.915. The van der Waals surface area contributed by atoms with Gasteiger partial charge in [0.1, 0.15) is 0 Å². The molecule has 1 aromatic rings. The van der Waals surface area contributed by atoms with Gasteiger partial charge in [-0.3, -0.25) is 9.59 Å². The summed E-state index contributed by atoms with van der Waals surface area (Å²) in [7, 11) is 0. The Labute approximate surface area is 93.1 Å². The van der Waals surface area contributed by atoms with Gasteiger partial charge in [0.25, 0.3) is 0 Å². The summed E-state index contributed by atoms with van der Waals surface area (Å²) in [5.74, 6) is -1.48. The minimum absolute atomic E-state index is 0.0156. The van der Waals surface area contributed by atoms with E-state index in [0.717, 1.165) is 11.8 Å². The molecule has 1 aromatic heterocycles. The molecule has 7 nitrogen and oxygen atoms in total. The van der Waals surface area contributed by atoms with Crippen LogP contribution in [0.25, 0.3) is 0 Å². The normalized spacial score (nSPS) is 9.87. The first-order chi connectivity index (χ1) is 7.08. The van der Waals surface area contributed by atoms with Gasteiger partial charge in [-0.05, 0) is 0 Å². The van der Waals surface area contributed by atoms with Crippen molar-refractivity contribution >= 4 is 40.1 Å². The molecule has 0 unspecified atom stereocenters. The molecule has 0 fully saturated rings. The van der Waals surface area contributed by atoms with Crippen molar-refractivity contribution < 1.29 is 14.7 Å². The van der Waals surface area contributed by atoms with Gasteiger partial charge in [-0.25, -0.2) is 0 Å². The van der Waals surface area contributed by atoms with Crippen LogP contribution < -0.4 is 11.1 Å². The van der Waals surface area contributed by atoms with Crippen molar-refractivity contribution in [3.63, 3.8) is 0 Å². The van der Waals surface area contributed by atoms with Gasteiger partial charge >= 0.3 is 5.97 Å². The first-order valence-electron chi connectivity index (χ1n) is 3.78. The van der Waals surface area contributed by atoms with Crippen LogP contribution in [0.3, 0.4) is 0 Å². The van der Waals surface area contributed by atoms with E-state index in [0.29, 0.717) is 9.47 Å². The number of primary amides is 1. The van der Waals surface area contributed by atoms with E-state index < -0.39 is 11.9 Å². The maximum atomic E-state index is 10.4. The average molecular weight is 248 g/mol. The number of thioether (sulfide) groups is 1. The van der Waals surface area contributed by atoms with E-state index in [4.69, 9.17) is 10.8 Å². The SMILES string of the molecule is NC(=O)CNc1nnc(SCC(=O)O)s1. The third-order valence-electron chi connectivity index (χ3n) is 1.14. The molecule has 82 valence electrons. The van der Waals surface area contributed by atoms with Gasteiger partial charge in [-0.1, -0.05) is 23.1 Å². The van der Waals surface area contributed by atoms with Crippen LogP contribution in [0.5, 0.6) is 0 Å². The number of rotatable bonds is 6. The number of anilines is 1. The van der Waals surface area contributed by atoms with E-state index in [1.54, 1.807) is 0 Å². The summed E-state index contributed by atoms with van der Waals surface area (Å²) in [6.07, 6.45) is 0. The van der Waals surface area contributed by atoms with Crippen LogP contribution in [-0.4, -0.2) is 39.5 Å². The van der Waals surface area contributed by atoms with Crippen LogP contribution >= 0.6 is 23.1 Å². The number of amides is 1. The Morgan fingerprint density at radius 3 is 2.87 bits per heavy atom. The Balaban J connectivity index is 2.41. The molecule has 0 aliphatic carbocycles. The summed E-state index contributed by atoms with van der Waals surface area (Å²) in [6, 6.07) is 0. The van der Waals surface area contributed by atoms with E-state index in [1.807, 2.05) is 0 Å². The predicted molar refractivity (Wildman–Crippen MR) is 56.0 cm³/mol. The zero-order chi connectivity index (χ0) is 11.3. The van der Waals surface area contributed by atoms with Crippen LogP contribution in [0.1, 0.15) is 0 Å². The van der Waals surface area contributed by atoms with Gasteiger partial charge in [0, 0.05) is 0 Å². The molecule has 15 heavy (non-hydrogen) atoms. The molecule has 1 heterocycles. The highest BCUT2D eigenvalue weighted by Gasteiger charge is 2.07. The topological polar surface area (TPSA) is 118 Å². The molecule has 0 bridgehead atoms. The van der Waals surface area contributed by atoms with E-state index >= 15 is 0 Å². The number of aromatic nitrogens is 2. The van der Waals surface area contributed by atoms with Gasteiger partial charge in [0.15, 0.2) is 4.34 Å². The number of hydrogen-bond acceptors (Lipinski definition) is 7. The Hall–Kier alpha value is -1.35. The monoisotopic (exact) mass is 248 g/mol. The zero-order valence-electron chi connectivity index (χ0n) is 7.47. The maximum absolute atomic E-state index is 10.4. The number of carbonyl (C=O) groups is 2. The van der Waals surface area contributed by atoms with E-state index in [-0.39, 0.29) is 12.3 Å². The van der Waals surface area contributed by atoms with E-state index in [1.165, 1.54) is 11.3 Å². The third kappa shape index (κ3) is 4.61. The van der Waals surface area contributed by atoms with Gasteiger partial charge < -0.3 is 16.2 Å². The lowest BCUT2D eigenvalue weighted by molar-refractivity contribution is -0.133. The third-order valence-corrected chi connectivity index (χ3v) is 3.14. The second kappa shape index (κ2) is 5.51. The van der Waals surface area contributed by atoms with Crippen LogP contribution in [0.4, 0.5) is 5.13 Å². The fraction of sp³-hybridized carbons (Fsp3) is 0.333. The first kappa shape index (κ1) is 11.7. The van der Waals surface area contributed by atoms with Crippen molar-refractivity contribution in [2.24, 2.45) is 5.73 Å². The Morgan fingerprint density at radius 1 is 1.53 bits per heavy atom. The molecule has 1 amide bonds. The molecule has 4 N–H and O–H groups in total.